The summed E-state index contributed by atoms with van der Waals surface area (Å²) in [5.41, 5.74) is 3.75. The number of carbonyl (C=O) groups is 2. The lowest BCUT2D eigenvalue weighted by Gasteiger charge is -2.49. The first-order chi connectivity index (χ1) is 16.0. The van der Waals surface area contributed by atoms with E-state index in [9.17, 15) is 14.0 Å². The van der Waals surface area contributed by atoms with Gasteiger partial charge in [0.25, 0.3) is 0 Å². The summed E-state index contributed by atoms with van der Waals surface area (Å²) in [6, 6.07) is 11.7. The van der Waals surface area contributed by atoms with Crippen molar-refractivity contribution in [2.45, 2.75) is 44.6 Å². The molecule has 0 unspecified atom stereocenters. The van der Waals surface area contributed by atoms with E-state index in [2.05, 4.69) is 4.90 Å². The molecule has 174 valence electrons. The highest BCUT2D eigenvalue weighted by atomic mass is 19.1. The standard InChI is InChI=1S/C27H31FN2O3/c1-33-26(32)21-4-7-23-20(18-21)9-14-30(25(23)19-2-5-22(28)6-3-19)24(31)8-10-27-11-15-29(16-12-27)17-13-27/h2-7,18,25H,8-17H2,1H3/t25-/m1/s1. The number of amides is 1. The van der Waals surface area contributed by atoms with Gasteiger partial charge in [0, 0.05) is 13.0 Å². The smallest absolute Gasteiger partial charge is 0.337 e. The number of fused-ring (bicyclic) bond motifs is 4. The normalized spacial score (nSPS) is 26.1. The number of methoxy groups -OCH3 is 1. The summed E-state index contributed by atoms with van der Waals surface area (Å²) in [6.45, 7) is 4.06. The van der Waals surface area contributed by atoms with Crippen LogP contribution in [0.5, 0.6) is 0 Å². The molecule has 3 saturated heterocycles. The van der Waals surface area contributed by atoms with Gasteiger partial charge in [-0.2, -0.15) is 0 Å². The van der Waals surface area contributed by atoms with E-state index in [4.69, 9.17) is 4.74 Å². The number of ether oxygens (including phenoxy) is 1. The van der Waals surface area contributed by atoms with Crippen molar-refractivity contribution < 1.29 is 18.7 Å². The molecule has 0 radical (unpaired) electrons. The van der Waals surface area contributed by atoms with Crippen LogP contribution in [0.3, 0.4) is 0 Å². The maximum atomic E-state index is 13.7. The number of benzene rings is 2. The highest BCUT2D eigenvalue weighted by molar-refractivity contribution is 5.89. The van der Waals surface area contributed by atoms with Crippen LogP contribution in [0.4, 0.5) is 4.39 Å². The topological polar surface area (TPSA) is 49.9 Å². The zero-order chi connectivity index (χ0) is 23.0. The summed E-state index contributed by atoms with van der Waals surface area (Å²) >= 11 is 0. The van der Waals surface area contributed by atoms with E-state index >= 15 is 0 Å². The SMILES string of the molecule is COC(=O)c1ccc2c(c1)CCN(C(=O)CCC13CCN(CC1)CC3)[C@@H]2c1ccc(F)cc1. The Kier molecular flexibility index (Phi) is 5.95. The number of piperidine rings is 3. The second kappa shape index (κ2) is 8.90. The van der Waals surface area contributed by atoms with Crippen molar-refractivity contribution in [1.29, 1.82) is 0 Å². The largest absolute Gasteiger partial charge is 0.465 e. The van der Waals surface area contributed by atoms with Gasteiger partial charge in [0.15, 0.2) is 0 Å². The molecule has 1 amide bonds. The Morgan fingerprint density at radius 1 is 1.03 bits per heavy atom. The van der Waals surface area contributed by atoms with Crippen LogP contribution >= 0.6 is 0 Å². The zero-order valence-corrected chi connectivity index (χ0v) is 19.2. The van der Waals surface area contributed by atoms with E-state index in [0.717, 1.165) is 42.7 Å². The minimum atomic E-state index is -0.368. The molecule has 1 atom stereocenters. The molecule has 0 aromatic heterocycles. The number of esters is 1. The molecule has 6 heteroatoms. The van der Waals surface area contributed by atoms with Gasteiger partial charge in [0.05, 0.1) is 18.7 Å². The molecule has 0 aliphatic carbocycles. The van der Waals surface area contributed by atoms with Crippen molar-refractivity contribution in [2.75, 3.05) is 33.3 Å². The van der Waals surface area contributed by atoms with E-state index in [-0.39, 0.29) is 23.7 Å². The summed E-state index contributed by atoms with van der Waals surface area (Å²) in [5.74, 6) is -0.502. The Balaban J connectivity index is 1.41. The average molecular weight is 451 g/mol. The minimum Gasteiger partial charge on any atom is -0.465 e. The van der Waals surface area contributed by atoms with E-state index < -0.39 is 0 Å². The van der Waals surface area contributed by atoms with Crippen LogP contribution in [0.1, 0.15) is 65.2 Å². The van der Waals surface area contributed by atoms with Gasteiger partial charge in [-0.15, -0.1) is 0 Å². The Morgan fingerprint density at radius 3 is 2.39 bits per heavy atom. The minimum absolute atomic E-state index is 0.161. The van der Waals surface area contributed by atoms with Crippen molar-refractivity contribution in [3.05, 3.63) is 70.5 Å². The molecule has 6 rings (SSSR count). The third-order valence-corrected chi connectivity index (χ3v) is 8.04. The Hall–Kier alpha value is -2.73. The van der Waals surface area contributed by atoms with Crippen LogP contribution in [0, 0.1) is 11.2 Å². The zero-order valence-electron chi connectivity index (χ0n) is 19.2. The quantitative estimate of drug-likeness (QED) is 0.636. The van der Waals surface area contributed by atoms with Gasteiger partial charge in [-0.3, -0.25) is 4.79 Å². The van der Waals surface area contributed by atoms with E-state index in [0.29, 0.717) is 30.4 Å². The lowest BCUT2D eigenvalue weighted by atomic mass is 9.69. The number of nitrogens with zero attached hydrogens (tertiary/aromatic N) is 2. The molecule has 2 bridgehead atoms. The fraction of sp³-hybridized carbons (Fsp3) is 0.481. The summed E-state index contributed by atoms with van der Waals surface area (Å²) in [5, 5.41) is 0. The van der Waals surface area contributed by atoms with Crippen LogP contribution < -0.4 is 0 Å². The molecule has 0 saturated carbocycles. The van der Waals surface area contributed by atoms with E-state index in [1.165, 1.54) is 38.5 Å². The summed E-state index contributed by atoms with van der Waals surface area (Å²) < 4.78 is 18.5. The molecule has 4 aliphatic rings. The van der Waals surface area contributed by atoms with Crippen LogP contribution in [0.2, 0.25) is 0 Å². The van der Waals surface area contributed by atoms with Gasteiger partial charge >= 0.3 is 5.97 Å². The third-order valence-electron chi connectivity index (χ3n) is 8.04. The maximum absolute atomic E-state index is 13.7. The summed E-state index contributed by atoms with van der Waals surface area (Å²) in [6.07, 6.45) is 5.76. The number of hydrogen-bond donors (Lipinski definition) is 0. The molecule has 33 heavy (non-hydrogen) atoms. The molecule has 5 nitrogen and oxygen atoms in total. The van der Waals surface area contributed by atoms with Gasteiger partial charge < -0.3 is 14.5 Å². The van der Waals surface area contributed by atoms with Gasteiger partial charge in [0.2, 0.25) is 5.91 Å². The molecule has 2 aromatic carbocycles. The van der Waals surface area contributed by atoms with E-state index in [1.807, 2.05) is 17.0 Å². The second-order valence-electron chi connectivity index (χ2n) is 9.79. The van der Waals surface area contributed by atoms with E-state index in [1.54, 1.807) is 18.2 Å². The number of halogens is 1. The van der Waals surface area contributed by atoms with Crippen molar-refractivity contribution in [2.24, 2.45) is 5.41 Å². The Morgan fingerprint density at radius 2 is 1.73 bits per heavy atom. The monoisotopic (exact) mass is 450 g/mol. The Labute approximate surface area is 194 Å². The van der Waals surface area contributed by atoms with Crippen LogP contribution in [0.15, 0.2) is 42.5 Å². The fourth-order valence-corrected chi connectivity index (χ4v) is 5.93. The average Bonchev–Trinajstić information content (AvgIpc) is 2.87. The molecular weight excluding hydrogens is 419 g/mol. The number of carbonyl (C=O) groups excluding carboxylic acids is 2. The summed E-state index contributed by atoms with van der Waals surface area (Å²) in [4.78, 5) is 30.1. The highest BCUT2D eigenvalue weighted by Gasteiger charge is 2.40. The predicted molar refractivity (Wildman–Crippen MR) is 123 cm³/mol. The maximum Gasteiger partial charge on any atom is 0.337 e. The molecular formula is C27H31FN2O3. The second-order valence-corrected chi connectivity index (χ2v) is 9.79. The van der Waals surface area contributed by atoms with Crippen molar-refractivity contribution in [3.63, 3.8) is 0 Å². The molecule has 2 aromatic rings. The van der Waals surface area contributed by atoms with Crippen LogP contribution in [-0.2, 0) is 16.0 Å². The van der Waals surface area contributed by atoms with Gasteiger partial charge in [-0.25, -0.2) is 9.18 Å². The first kappa shape index (κ1) is 22.1. The first-order valence-electron chi connectivity index (χ1n) is 12.0. The third kappa shape index (κ3) is 4.29. The fourth-order valence-electron chi connectivity index (χ4n) is 5.93. The Bertz CT molecular complexity index is 1030. The number of rotatable bonds is 5. The summed E-state index contributed by atoms with van der Waals surface area (Å²) in [7, 11) is 1.37. The lowest BCUT2D eigenvalue weighted by Crippen LogP contribution is -2.48. The van der Waals surface area contributed by atoms with Crippen LogP contribution in [-0.4, -0.2) is 55.0 Å². The van der Waals surface area contributed by atoms with Crippen molar-refractivity contribution in [3.8, 4) is 0 Å². The molecule has 4 aliphatic heterocycles. The molecule has 3 fully saturated rings. The molecule has 0 spiro atoms. The van der Waals surface area contributed by atoms with Gasteiger partial charge in [-0.05, 0) is 98.1 Å². The molecule has 0 N–H and O–H groups in total. The lowest BCUT2D eigenvalue weighted by molar-refractivity contribution is -0.134. The van der Waals surface area contributed by atoms with Crippen LogP contribution in [0.25, 0.3) is 0 Å². The highest BCUT2D eigenvalue weighted by Crippen LogP contribution is 2.44. The van der Waals surface area contributed by atoms with Crippen molar-refractivity contribution >= 4 is 11.9 Å². The number of hydrogen-bond acceptors (Lipinski definition) is 4. The van der Waals surface area contributed by atoms with Gasteiger partial charge in [0.1, 0.15) is 5.82 Å². The van der Waals surface area contributed by atoms with Gasteiger partial charge in [-0.1, -0.05) is 18.2 Å². The first-order valence-corrected chi connectivity index (χ1v) is 12.0. The molecule has 4 heterocycles. The predicted octanol–water partition coefficient (Wildman–Crippen LogP) is 4.35. The van der Waals surface area contributed by atoms with Crippen molar-refractivity contribution in [1.82, 2.24) is 9.80 Å².